The predicted octanol–water partition coefficient (Wildman–Crippen LogP) is 1.52. The van der Waals surface area contributed by atoms with Gasteiger partial charge in [0.1, 0.15) is 11.6 Å². The van der Waals surface area contributed by atoms with Gasteiger partial charge in [-0.25, -0.2) is 4.39 Å². The van der Waals surface area contributed by atoms with E-state index in [9.17, 15) is 4.39 Å². The zero-order chi connectivity index (χ0) is 9.26. The average Bonchev–Trinajstić information content (AvgIpc) is 2.05. The second-order valence-corrected chi connectivity index (χ2v) is 3.21. The summed E-state index contributed by atoms with van der Waals surface area (Å²) in [7, 11) is 1.57. The summed E-state index contributed by atoms with van der Waals surface area (Å²) in [6, 6.07) is 4.96. The maximum absolute atomic E-state index is 13.4. The van der Waals surface area contributed by atoms with Crippen LogP contribution in [0.5, 0.6) is 5.75 Å². The predicted molar refractivity (Wildman–Crippen MR) is 48.6 cm³/mol. The fraction of sp³-hybridized carbons (Fsp3) is 0.400. The van der Waals surface area contributed by atoms with Crippen molar-refractivity contribution >= 4 is 0 Å². The Morgan fingerprint density at radius 2 is 2.23 bits per heavy atom. The van der Waals surface area contributed by atoms with Crippen molar-refractivity contribution in [2.24, 2.45) is 0 Å². The molecule has 0 bridgehead atoms. The minimum Gasteiger partial charge on any atom is -0.496 e. The van der Waals surface area contributed by atoms with Gasteiger partial charge in [0, 0.05) is 24.6 Å². The SMILES string of the molecule is COc1cccc(F)c1C1CNC1. The first-order chi connectivity index (χ1) is 6.33. The van der Waals surface area contributed by atoms with Crippen LogP contribution in [-0.4, -0.2) is 20.2 Å². The number of hydrogen-bond acceptors (Lipinski definition) is 2. The topological polar surface area (TPSA) is 21.3 Å². The molecule has 0 aromatic heterocycles. The second kappa shape index (κ2) is 3.34. The van der Waals surface area contributed by atoms with Crippen LogP contribution in [0, 0.1) is 5.82 Å². The lowest BCUT2D eigenvalue weighted by Gasteiger charge is -2.28. The Hall–Kier alpha value is -1.09. The van der Waals surface area contributed by atoms with Crippen molar-refractivity contribution in [3.63, 3.8) is 0 Å². The molecule has 2 rings (SSSR count). The van der Waals surface area contributed by atoms with Gasteiger partial charge < -0.3 is 10.1 Å². The molecule has 13 heavy (non-hydrogen) atoms. The van der Waals surface area contributed by atoms with Crippen LogP contribution in [0.15, 0.2) is 18.2 Å². The van der Waals surface area contributed by atoms with Crippen molar-refractivity contribution in [1.82, 2.24) is 5.32 Å². The van der Waals surface area contributed by atoms with E-state index in [0.29, 0.717) is 11.3 Å². The van der Waals surface area contributed by atoms with Crippen molar-refractivity contribution < 1.29 is 9.13 Å². The number of methoxy groups -OCH3 is 1. The fourth-order valence-electron chi connectivity index (χ4n) is 1.58. The highest BCUT2D eigenvalue weighted by atomic mass is 19.1. The normalized spacial score (nSPS) is 16.8. The summed E-state index contributed by atoms with van der Waals surface area (Å²) in [4.78, 5) is 0. The molecular formula is C10H12FNO. The lowest BCUT2D eigenvalue weighted by Crippen LogP contribution is -2.40. The highest BCUT2D eigenvalue weighted by molar-refractivity contribution is 5.39. The fourth-order valence-corrected chi connectivity index (χ4v) is 1.58. The second-order valence-electron chi connectivity index (χ2n) is 3.21. The molecule has 2 nitrogen and oxygen atoms in total. The van der Waals surface area contributed by atoms with Gasteiger partial charge in [0.05, 0.1) is 7.11 Å². The maximum atomic E-state index is 13.4. The summed E-state index contributed by atoms with van der Waals surface area (Å²) in [5, 5.41) is 3.12. The number of nitrogens with one attached hydrogen (secondary N) is 1. The standard InChI is InChI=1S/C10H12FNO/c1-13-9-4-2-3-8(11)10(9)7-5-12-6-7/h2-4,7,12H,5-6H2,1H3. The van der Waals surface area contributed by atoms with Gasteiger partial charge in [0.15, 0.2) is 0 Å². The third-order valence-electron chi connectivity index (χ3n) is 2.42. The Morgan fingerprint density at radius 3 is 2.77 bits per heavy atom. The summed E-state index contributed by atoms with van der Waals surface area (Å²) >= 11 is 0. The highest BCUT2D eigenvalue weighted by Crippen LogP contribution is 2.31. The molecule has 70 valence electrons. The van der Waals surface area contributed by atoms with Gasteiger partial charge in [-0.2, -0.15) is 0 Å². The molecule has 1 aromatic carbocycles. The molecule has 1 aliphatic heterocycles. The molecule has 1 N–H and O–H groups in total. The van der Waals surface area contributed by atoms with Gasteiger partial charge in [-0.3, -0.25) is 0 Å². The van der Waals surface area contributed by atoms with Gasteiger partial charge in [-0.1, -0.05) is 6.07 Å². The Labute approximate surface area is 76.7 Å². The molecule has 1 heterocycles. The largest absolute Gasteiger partial charge is 0.496 e. The minimum absolute atomic E-state index is 0.161. The molecule has 1 fully saturated rings. The number of rotatable bonds is 2. The molecule has 1 aliphatic rings. The molecule has 0 unspecified atom stereocenters. The zero-order valence-corrected chi connectivity index (χ0v) is 7.51. The Morgan fingerprint density at radius 1 is 1.46 bits per heavy atom. The summed E-state index contributed by atoms with van der Waals surface area (Å²) in [5.41, 5.74) is 0.712. The summed E-state index contributed by atoms with van der Waals surface area (Å²) in [6.45, 7) is 1.69. The molecule has 0 atom stereocenters. The molecule has 3 heteroatoms. The third-order valence-corrected chi connectivity index (χ3v) is 2.42. The van der Waals surface area contributed by atoms with Gasteiger partial charge in [-0.05, 0) is 12.1 Å². The Balaban J connectivity index is 2.39. The number of benzene rings is 1. The van der Waals surface area contributed by atoms with Crippen molar-refractivity contribution in [3.8, 4) is 5.75 Å². The van der Waals surface area contributed by atoms with E-state index in [4.69, 9.17) is 4.74 Å². The van der Waals surface area contributed by atoms with Crippen LogP contribution >= 0.6 is 0 Å². The first-order valence-electron chi connectivity index (χ1n) is 4.36. The monoisotopic (exact) mass is 181 g/mol. The number of hydrogen-bond donors (Lipinski definition) is 1. The molecule has 0 aliphatic carbocycles. The number of halogens is 1. The van der Waals surface area contributed by atoms with E-state index in [1.807, 2.05) is 0 Å². The summed E-state index contributed by atoms with van der Waals surface area (Å²) < 4.78 is 18.5. The van der Waals surface area contributed by atoms with E-state index in [2.05, 4.69) is 5.32 Å². The van der Waals surface area contributed by atoms with E-state index in [1.54, 1.807) is 19.2 Å². The summed E-state index contributed by atoms with van der Waals surface area (Å²) in [6.07, 6.45) is 0. The lowest BCUT2D eigenvalue weighted by molar-refractivity contribution is 0.374. The first kappa shape index (κ1) is 8.51. The first-order valence-corrected chi connectivity index (χ1v) is 4.36. The van der Waals surface area contributed by atoms with Crippen LogP contribution in [0.25, 0.3) is 0 Å². The minimum atomic E-state index is -0.161. The van der Waals surface area contributed by atoms with Gasteiger partial charge in [0.25, 0.3) is 0 Å². The van der Waals surface area contributed by atoms with E-state index in [1.165, 1.54) is 6.07 Å². The molecule has 0 amide bonds. The van der Waals surface area contributed by atoms with Crippen LogP contribution in [0.1, 0.15) is 11.5 Å². The third kappa shape index (κ3) is 1.40. The van der Waals surface area contributed by atoms with Gasteiger partial charge in [0.2, 0.25) is 0 Å². The Bertz CT molecular complexity index is 310. The van der Waals surface area contributed by atoms with E-state index in [0.717, 1.165) is 13.1 Å². The number of ether oxygens (including phenoxy) is 1. The van der Waals surface area contributed by atoms with E-state index in [-0.39, 0.29) is 11.7 Å². The molecule has 1 saturated heterocycles. The van der Waals surface area contributed by atoms with Crippen molar-refractivity contribution in [3.05, 3.63) is 29.6 Å². The molecule has 1 aromatic rings. The van der Waals surface area contributed by atoms with Gasteiger partial charge in [-0.15, -0.1) is 0 Å². The molecule has 0 radical (unpaired) electrons. The summed E-state index contributed by atoms with van der Waals surface area (Å²) in [5.74, 6) is 0.772. The van der Waals surface area contributed by atoms with Crippen LogP contribution in [0.3, 0.4) is 0 Å². The van der Waals surface area contributed by atoms with Crippen LogP contribution in [0.4, 0.5) is 4.39 Å². The lowest BCUT2D eigenvalue weighted by atomic mass is 9.92. The van der Waals surface area contributed by atoms with Gasteiger partial charge >= 0.3 is 0 Å². The maximum Gasteiger partial charge on any atom is 0.130 e. The highest BCUT2D eigenvalue weighted by Gasteiger charge is 2.25. The molecule has 0 saturated carbocycles. The van der Waals surface area contributed by atoms with Crippen LogP contribution in [0.2, 0.25) is 0 Å². The van der Waals surface area contributed by atoms with E-state index >= 15 is 0 Å². The van der Waals surface area contributed by atoms with E-state index < -0.39 is 0 Å². The van der Waals surface area contributed by atoms with Crippen molar-refractivity contribution in [2.45, 2.75) is 5.92 Å². The van der Waals surface area contributed by atoms with Crippen LogP contribution in [-0.2, 0) is 0 Å². The zero-order valence-electron chi connectivity index (χ0n) is 7.51. The van der Waals surface area contributed by atoms with Crippen molar-refractivity contribution in [1.29, 1.82) is 0 Å². The van der Waals surface area contributed by atoms with Crippen LogP contribution < -0.4 is 10.1 Å². The molecule has 0 spiro atoms. The molecular weight excluding hydrogens is 169 g/mol. The average molecular weight is 181 g/mol. The smallest absolute Gasteiger partial charge is 0.130 e. The van der Waals surface area contributed by atoms with Crippen molar-refractivity contribution in [2.75, 3.05) is 20.2 Å². The Kier molecular flexibility index (Phi) is 2.19. The quantitative estimate of drug-likeness (QED) is 0.747.